The van der Waals surface area contributed by atoms with Crippen molar-refractivity contribution >= 4 is 11.7 Å². The van der Waals surface area contributed by atoms with Crippen LogP contribution < -0.4 is 0 Å². The summed E-state index contributed by atoms with van der Waals surface area (Å²) in [6, 6.07) is 0.139. The normalized spacial score (nSPS) is 48.5. The van der Waals surface area contributed by atoms with Crippen molar-refractivity contribution < 1.29 is 14.3 Å². The monoisotopic (exact) mass is 277 g/mol. The van der Waals surface area contributed by atoms with Crippen LogP contribution in [0.25, 0.3) is 0 Å². The summed E-state index contributed by atoms with van der Waals surface area (Å²) in [5, 5.41) is 0. The van der Waals surface area contributed by atoms with Crippen LogP contribution in [0.1, 0.15) is 40.5 Å². The molecule has 110 valence electrons. The molecular formula is C16H23NO3. The molecule has 2 aliphatic carbocycles. The van der Waals surface area contributed by atoms with Gasteiger partial charge < -0.3 is 9.64 Å². The Morgan fingerprint density at radius 2 is 2.00 bits per heavy atom. The summed E-state index contributed by atoms with van der Waals surface area (Å²) in [5.41, 5.74) is -0.500. The van der Waals surface area contributed by atoms with Crippen LogP contribution in [-0.2, 0) is 14.3 Å². The minimum Gasteiger partial charge on any atom is -0.344 e. The fourth-order valence-electron chi connectivity index (χ4n) is 5.64. The van der Waals surface area contributed by atoms with E-state index >= 15 is 0 Å². The maximum absolute atomic E-state index is 12.9. The number of rotatable bonds is 3. The standard InChI is InChI=1S/C16H23NO3/c1-7(2)6-16-12-10-5-9(13(18)14(10)20-16)11(12)15(19)17(16)8(3)4/h7-12,14H,5-6H2,1-4H3. The minimum atomic E-state index is -0.500. The highest BCUT2D eigenvalue weighted by Crippen LogP contribution is 2.67. The third-order valence-electron chi connectivity index (χ3n) is 5.84. The van der Waals surface area contributed by atoms with Gasteiger partial charge in [-0.3, -0.25) is 9.59 Å². The topological polar surface area (TPSA) is 46.6 Å². The number of carbonyl (C=O) groups excluding carboxylic acids is 2. The van der Waals surface area contributed by atoms with Gasteiger partial charge in [-0.05, 0) is 32.6 Å². The summed E-state index contributed by atoms with van der Waals surface area (Å²) >= 11 is 0. The average Bonchev–Trinajstić information content (AvgIpc) is 2.95. The van der Waals surface area contributed by atoms with Crippen LogP contribution in [0, 0.1) is 29.6 Å². The van der Waals surface area contributed by atoms with E-state index < -0.39 is 5.72 Å². The highest BCUT2D eigenvalue weighted by atomic mass is 16.5. The van der Waals surface area contributed by atoms with Crippen molar-refractivity contribution in [3.8, 4) is 0 Å². The Labute approximate surface area is 119 Å². The zero-order chi connectivity index (χ0) is 14.4. The maximum Gasteiger partial charge on any atom is 0.229 e. The van der Waals surface area contributed by atoms with E-state index in [2.05, 4.69) is 27.7 Å². The molecule has 1 amide bonds. The van der Waals surface area contributed by atoms with Gasteiger partial charge in [0.15, 0.2) is 5.78 Å². The van der Waals surface area contributed by atoms with Crippen molar-refractivity contribution in [3.05, 3.63) is 0 Å². The molecule has 0 spiro atoms. The van der Waals surface area contributed by atoms with E-state index in [4.69, 9.17) is 4.74 Å². The minimum absolute atomic E-state index is 0.0553. The van der Waals surface area contributed by atoms with Crippen molar-refractivity contribution in [1.82, 2.24) is 4.90 Å². The van der Waals surface area contributed by atoms with E-state index in [1.165, 1.54) is 0 Å². The summed E-state index contributed by atoms with van der Waals surface area (Å²) in [6.45, 7) is 8.46. The Kier molecular flexibility index (Phi) is 2.34. The van der Waals surface area contributed by atoms with Gasteiger partial charge in [0.1, 0.15) is 11.8 Å². The van der Waals surface area contributed by atoms with Crippen LogP contribution >= 0.6 is 0 Å². The van der Waals surface area contributed by atoms with Crippen LogP contribution in [0.3, 0.4) is 0 Å². The Balaban J connectivity index is 1.85. The molecule has 4 rings (SSSR count). The summed E-state index contributed by atoms with van der Waals surface area (Å²) in [7, 11) is 0. The molecule has 4 heteroatoms. The van der Waals surface area contributed by atoms with E-state index in [0.717, 1.165) is 12.8 Å². The molecule has 0 aromatic heterocycles. The molecule has 6 atom stereocenters. The van der Waals surface area contributed by atoms with E-state index in [1.807, 2.05) is 4.90 Å². The molecule has 0 radical (unpaired) electrons. The zero-order valence-electron chi connectivity index (χ0n) is 12.6. The van der Waals surface area contributed by atoms with Crippen molar-refractivity contribution in [2.45, 2.75) is 58.4 Å². The molecule has 2 aliphatic heterocycles. The van der Waals surface area contributed by atoms with Gasteiger partial charge in [0, 0.05) is 23.8 Å². The molecule has 0 aromatic carbocycles. The molecule has 6 unspecified atom stereocenters. The molecule has 20 heavy (non-hydrogen) atoms. The van der Waals surface area contributed by atoms with E-state index in [1.54, 1.807) is 0 Å². The molecule has 2 heterocycles. The number of ketones is 1. The predicted molar refractivity (Wildman–Crippen MR) is 72.6 cm³/mol. The molecule has 0 aromatic rings. The van der Waals surface area contributed by atoms with Crippen LogP contribution in [0.2, 0.25) is 0 Å². The van der Waals surface area contributed by atoms with Crippen molar-refractivity contribution in [3.63, 3.8) is 0 Å². The number of hydrogen-bond acceptors (Lipinski definition) is 3. The SMILES string of the molecule is CC(C)CC12OC3C(=O)C4CC3C1C4C(=O)N2C(C)C. The van der Waals surface area contributed by atoms with E-state index in [-0.39, 0.29) is 41.6 Å². The lowest BCUT2D eigenvalue weighted by molar-refractivity contribution is -0.180. The molecular weight excluding hydrogens is 254 g/mol. The summed E-state index contributed by atoms with van der Waals surface area (Å²) in [6.07, 6.45) is 1.51. The lowest BCUT2D eigenvalue weighted by atomic mass is 9.76. The van der Waals surface area contributed by atoms with Gasteiger partial charge in [0.25, 0.3) is 0 Å². The van der Waals surface area contributed by atoms with Crippen LogP contribution in [-0.4, -0.2) is 34.5 Å². The van der Waals surface area contributed by atoms with Crippen LogP contribution in [0.15, 0.2) is 0 Å². The van der Waals surface area contributed by atoms with Crippen LogP contribution in [0.5, 0.6) is 0 Å². The number of hydrogen-bond donors (Lipinski definition) is 0. The fourth-order valence-corrected chi connectivity index (χ4v) is 5.64. The first-order valence-corrected chi connectivity index (χ1v) is 7.93. The highest BCUT2D eigenvalue weighted by molar-refractivity contribution is 5.98. The van der Waals surface area contributed by atoms with Gasteiger partial charge in [0.05, 0.1) is 5.92 Å². The second-order valence-electron chi connectivity index (χ2n) is 7.74. The van der Waals surface area contributed by atoms with Gasteiger partial charge in [-0.15, -0.1) is 0 Å². The first-order valence-electron chi connectivity index (χ1n) is 7.93. The smallest absolute Gasteiger partial charge is 0.229 e. The van der Waals surface area contributed by atoms with E-state index in [0.29, 0.717) is 11.8 Å². The van der Waals surface area contributed by atoms with Gasteiger partial charge >= 0.3 is 0 Å². The van der Waals surface area contributed by atoms with Crippen molar-refractivity contribution in [2.24, 2.45) is 29.6 Å². The number of ether oxygens (including phenoxy) is 1. The first-order chi connectivity index (χ1) is 9.38. The largest absolute Gasteiger partial charge is 0.344 e. The first kappa shape index (κ1) is 12.8. The van der Waals surface area contributed by atoms with Crippen LogP contribution in [0.4, 0.5) is 0 Å². The molecule has 2 saturated heterocycles. The number of nitrogens with zero attached hydrogens (tertiary/aromatic N) is 1. The Morgan fingerprint density at radius 3 is 2.60 bits per heavy atom. The fraction of sp³-hybridized carbons (Fsp3) is 0.875. The lowest BCUT2D eigenvalue weighted by Crippen LogP contribution is -2.54. The Hall–Kier alpha value is -0.900. The lowest BCUT2D eigenvalue weighted by Gasteiger charge is -2.42. The summed E-state index contributed by atoms with van der Waals surface area (Å²) in [5.74, 6) is 1.24. The highest BCUT2D eigenvalue weighted by Gasteiger charge is 2.78. The molecule has 4 fully saturated rings. The number of amides is 1. The predicted octanol–water partition coefficient (Wildman–Crippen LogP) is 1.83. The number of likely N-dealkylation sites (tertiary alicyclic amines) is 1. The number of Topliss-reactive ketones (excluding diaryl/α,β-unsaturated/α-hetero) is 1. The molecule has 2 saturated carbocycles. The second kappa shape index (κ2) is 3.65. The summed E-state index contributed by atoms with van der Waals surface area (Å²) in [4.78, 5) is 27.2. The molecule has 4 aliphatic rings. The van der Waals surface area contributed by atoms with Gasteiger partial charge in [-0.25, -0.2) is 0 Å². The second-order valence-corrected chi connectivity index (χ2v) is 7.74. The molecule has 2 bridgehead atoms. The van der Waals surface area contributed by atoms with Crippen molar-refractivity contribution in [2.75, 3.05) is 0 Å². The third-order valence-corrected chi connectivity index (χ3v) is 5.84. The van der Waals surface area contributed by atoms with E-state index in [9.17, 15) is 9.59 Å². The van der Waals surface area contributed by atoms with Gasteiger partial charge in [-0.1, -0.05) is 13.8 Å². The maximum atomic E-state index is 12.9. The third kappa shape index (κ3) is 1.19. The summed E-state index contributed by atoms with van der Waals surface area (Å²) < 4.78 is 6.34. The number of carbonyl (C=O) groups is 2. The molecule has 4 nitrogen and oxygen atoms in total. The molecule has 0 N–H and O–H groups in total. The Morgan fingerprint density at radius 1 is 1.30 bits per heavy atom. The average molecular weight is 277 g/mol. The van der Waals surface area contributed by atoms with Gasteiger partial charge in [-0.2, -0.15) is 0 Å². The zero-order valence-corrected chi connectivity index (χ0v) is 12.6. The number of fused-ring (bicyclic) bond motifs is 2. The Bertz CT molecular complexity index is 500. The van der Waals surface area contributed by atoms with Gasteiger partial charge in [0.2, 0.25) is 5.91 Å². The van der Waals surface area contributed by atoms with Crippen molar-refractivity contribution in [1.29, 1.82) is 0 Å². The quantitative estimate of drug-likeness (QED) is 0.790.